The van der Waals surface area contributed by atoms with E-state index in [0.717, 1.165) is 12.8 Å². The molecule has 1 fully saturated rings. The highest BCUT2D eigenvalue weighted by atomic mass is 19.3. The van der Waals surface area contributed by atoms with Gasteiger partial charge in [0, 0.05) is 17.3 Å². The molecule has 1 aromatic heterocycles. The summed E-state index contributed by atoms with van der Waals surface area (Å²) in [4.78, 5) is 16.7. The summed E-state index contributed by atoms with van der Waals surface area (Å²) < 4.78 is 39.7. The van der Waals surface area contributed by atoms with Gasteiger partial charge in [-0.1, -0.05) is 17.3 Å². The number of alkyl halides is 2. The number of benzene rings is 2. The van der Waals surface area contributed by atoms with E-state index in [1.54, 1.807) is 18.2 Å². The topological polar surface area (TPSA) is 98.5 Å². The molecule has 0 radical (unpaired) electrons. The summed E-state index contributed by atoms with van der Waals surface area (Å²) in [6, 6.07) is 11.8. The predicted octanol–water partition coefficient (Wildman–Crippen LogP) is 3.85. The zero-order valence-corrected chi connectivity index (χ0v) is 16.6. The summed E-state index contributed by atoms with van der Waals surface area (Å²) in [5, 5.41) is 10.0. The normalized spacial score (nSPS) is 13.2. The number of ether oxygens (including phenoxy) is 2. The number of hydrogen-bond acceptors (Lipinski definition) is 7. The highest BCUT2D eigenvalue weighted by Gasteiger charge is 2.24. The van der Waals surface area contributed by atoms with E-state index >= 15 is 0 Å². The summed E-state index contributed by atoms with van der Waals surface area (Å²) >= 11 is 0. The van der Waals surface area contributed by atoms with Gasteiger partial charge < -0.3 is 24.6 Å². The highest BCUT2D eigenvalue weighted by Crippen LogP contribution is 2.32. The van der Waals surface area contributed by atoms with Gasteiger partial charge in [-0.25, -0.2) is 0 Å². The van der Waals surface area contributed by atoms with Crippen LogP contribution >= 0.6 is 0 Å². The second-order valence-electron chi connectivity index (χ2n) is 6.90. The summed E-state index contributed by atoms with van der Waals surface area (Å²) in [6.07, 6.45) is 2.01. The van der Waals surface area contributed by atoms with Crippen LogP contribution in [0.5, 0.6) is 11.5 Å². The molecule has 0 saturated heterocycles. The number of aromatic nitrogens is 2. The number of nitrogens with zero attached hydrogens (tertiary/aromatic N) is 2. The third kappa shape index (κ3) is 5.08. The van der Waals surface area contributed by atoms with Crippen LogP contribution in [0.1, 0.15) is 29.1 Å². The molecule has 31 heavy (non-hydrogen) atoms. The van der Waals surface area contributed by atoms with Crippen molar-refractivity contribution in [3.63, 3.8) is 0 Å². The molecule has 0 bridgehead atoms. The zero-order valence-electron chi connectivity index (χ0n) is 16.6. The largest absolute Gasteiger partial charge is 0.493 e. The molecule has 0 atom stereocenters. The number of rotatable bonds is 9. The minimum absolute atomic E-state index is 0.0901. The fourth-order valence-corrected chi connectivity index (χ4v) is 2.94. The number of methoxy groups -OCH3 is 1. The van der Waals surface area contributed by atoms with Gasteiger partial charge in [-0.3, -0.25) is 4.79 Å². The quantitative estimate of drug-likeness (QED) is 0.532. The number of carbonyl (C=O) groups is 1. The summed E-state index contributed by atoms with van der Waals surface area (Å²) in [7, 11) is 1.35. The van der Waals surface area contributed by atoms with Gasteiger partial charge in [0.1, 0.15) is 0 Å². The molecular formula is C21H20F2N4O4. The maximum Gasteiger partial charge on any atom is 0.387 e. The monoisotopic (exact) mass is 430 g/mol. The Bertz CT molecular complexity index is 1070. The molecule has 3 aromatic rings. The average Bonchev–Trinajstić information content (AvgIpc) is 3.45. The lowest BCUT2D eigenvalue weighted by molar-refractivity contribution is -0.0512. The van der Waals surface area contributed by atoms with Gasteiger partial charge >= 0.3 is 6.61 Å². The van der Waals surface area contributed by atoms with E-state index in [1.807, 2.05) is 6.07 Å². The Kier molecular flexibility index (Phi) is 5.96. The molecular weight excluding hydrogens is 410 g/mol. The molecule has 0 spiro atoms. The lowest BCUT2D eigenvalue weighted by Crippen LogP contribution is -2.26. The molecule has 2 N–H and O–H groups in total. The van der Waals surface area contributed by atoms with E-state index < -0.39 is 6.61 Å². The summed E-state index contributed by atoms with van der Waals surface area (Å²) in [5.74, 6) is 0.457. The van der Waals surface area contributed by atoms with Gasteiger partial charge in [0.2, 0.25) is 11.7 Å². The van der Waals surface area contributed by atoms with Crippen molar-refractivity contribution in [2.24, 2.45) is 0 Å². The van der Waals surface area contributed by atoms with Crippen molar-refractivity contribution in [3.05, 3.63) is 53.9 Å². The van der Waals surface area contributed by atoms with Crippen LogP contribution in [-0.4, -0.2) is 35.8 Å². The molecule has 0 unspecified atom stereocenters. The molecule has 1 aliphatic rings. The van der Waals surface area contributed by atoms with Gasteiger partial charge in [0.25, 0.3) is 5.91 Å². The predicted molar refractivity (Wildman–Crippen MR) is 107 cm³/mol. The second kappa shape index (κ2) is 8.99. The van der Waals surface area contributed by atoms with Crippen molar-refractivity contribution in [1.82, 2.24) is 15.5 Å². The molecule has 8 nitrogen and oxygen atoms in total. The number of anilines is 1. The van der Waals surface area contributed by atoms with Crippen LogP contribution in [0.2, 0.25) is 0 Å². The summed E-state index contributed by atoms with van der Waals surface area (Å²) in [5.41, 5.74) is 1.70. The zero-order chi connectivity index (χ0) is 21.8. The smallest absolute Gasteiger partial charge is 0.387 e. The first-order valence-corrected chi connectivity index (χ1v) is 9.63. The number of halogens is 2. The van der Waals surface area contributed by atoms with E-state index in [9.17, 15) is 13.6 Å². The van der Waals surface area contributed by atoms with E-state index in [0.29, 0.717) is 22.7 Å². The Hall–Kier alpha value is -3.69. The standard InChI is InChI=1S/C21H20F2N4O4/c1-29-17-10-12(6-9-16(17)30-21(22)23)19-26-18(31-27-19)11-24-15-5-3-2-4-14(15)20(28)25-13-7-8-13/h2-6,9-10,13,21,24H,7-8,11H2,1H3,(H,25,28). The Morgan fingerprint density at radius 3 is 2.77 bits per heavy atom. The van der Waals surface area contributed by atoms with Crippen LogP contribution in [0.25, 0.3) is 11.4 Å². The van der Waals surface area contributed by atoms with Crippen molar-refractivity contribution >= 4 is 11.6 Å². The van der Waals surface area contributed by atoms with E-state index in [4.69, 9.17) is 9.26 Å². The van der Waals surface area contributed by atoms with E-state index in [-0.39, 0.29) is 35.8 Å². The number of hydrogen-bond donors (Lipinski definition) is 2. The number of nitrogens with one attached hydrogen (secondary N) is 2. The molecule has 4 rings (SSSR count). The molecule has 1 heterocycles. The third-order valence-electron chi connectivity index (χ3n) is 4.62. The molecule has 1 aliphatic carbocycles. The van der Waals surface area contributed by atoms with E-state index in [1.165, 1.54) is 25.3 Å². The Morgan fingerprint density at radius 2 is 2.03 bits per heavy atom. The Balaban J connectivity index is 1.45. The van der Waals surface area contributed by atoms with Gasteiger partial charge in [0.05, 0.1) is 19.2 Å². The van der Waals surface area contributed by atoms with Crippen molar-refractivity contribution in [1.29, 1.82) is 0 Å². The third-order valence-corrected chi connectivity index (χ3v) is 4.62. The van der Waals surface area contributed by atoms with Crippen LogP contribution in [0.3, 0.4) is 0 Å². The van der Waals surface area contributed by atoms with E-state index in [2.05, 4.69) is 25.5 Å². The number of amides is 1. The van der Waals surface area contributed by atoms with Crippen molar-refractivity contribution < 1.29 is 27.6 Å². The first kappa shape index (κ1) is 20.6. The minimum atomic E-state index is -2.96. The van der Waals surface area contributed by atoms with Gasteiger partial charge in [0.15, 0.2) is 11.5 Å². The highest BCUT2D eigenvalue weighted by molar-refractivity contribution is 5.99. The fourth-order valence-electron chi connectivity index (χ4n) is 2.94. The number of carbonyl (C=O) groups excluding carboxylic acids is 1. The van der Waals surface area contributed by atoms with Crippen LogP contribution in [0, 0.1) is 0 Å². The first-order chi connectivity index (χ1) is 15.0. The molecule has 10 heteroatoms. The maximum atomic E-state index is 12.5. The van der Waals surface area contributed by atoms with Crippen LogP contribution in [-0.2, 0) is 6.54 Å². The van der Waals surface area contributed by atoms with Gasteiger partial charge in [-0.15, -0.1) is 0 Å². The first-order valence-electron chi connectivity index (χ1n) is 9.63. The molecule has 2 aromatic carbocycles. The van der Waals surface area contributed by atoms with Crippen LogP contribution in [0.15, 0.2) is 47.0 Å². The second-order valence-corrected chi connectivity index (χ2v) is 6.90. The minimum Gasteiger partial charge on any atom is -0.493 e. The average molecular weight is 430 g/mol. The van der Waals surface area contributed by atoms with Crippen LogP contribution < -0.4 is 20.1 Å². The lowest BCUT2D eigenvalue weighted by Gasteiger charge is -2.10. The molecule has 1 saturated carbocycles. The van der Waals surface area contributed by atoms with Gasteiger partial charge in [-0.05, 0) is 43.2 Å². The fraction of sp³-hybridized carbons (Fsp3) is 0.286. The van der Waals surface area contributed by atoms with Crippen molar-refractivity contribution in [3.8, 4) is 22.9 Å². The van der Waals surface area contributed by atoms with Crippen molar-refractivity contribution in [2.45, 2.75) is 32.0 Å². The summed E-state index contributed by atoms with van der Waals surface area (Å²) in [6.45, 7) is -2.76. The number of para-hydroxylation sites is 1. The van der Waals surface area contributed by atoms with Gasteiger partial charge in [-0.2, -0.15) is 13.8 Å². The molecule has 162 valence electrons. The lowest BCUT2D eigenvalue weighted by atomic mass is 10.1. The van der Waals surface area contributed by atoms with Crippen LogP contribution in [0.4, 0.5) is 14.5 Å². The Labute approximate surface area is 176 Å². The molecule has 0 aliphatic heterocycles. The van der Waals surface area contributed by atoms with Crippen molar-refractivity contribution in [2.75, 3.05) is 12.4 Å². The molecule has 1 amide bonds. The Morgan fingerprint density at radius 1 is 1.23 bits per heavy atom. The maximum absolute atomic E-state index is 12.5. The SMILES string of the molecule is COc1cc(-c2noc(CNc3ccccc3C(=O)NC3CC3)n2)ccc1OC(F)F.